The second kappa shape index (κ2) is 14.0. The van der Waals surface area contributed by atoms with Crippen LogP contribution in [0, 0.1) is 17.3 Å². The third-order valence-electron chi connectivity index (χ3n) is 10.3. The van der Waals surface area contributed by atoms with Crippen molar-refractivity contribution in [2.45, 2.75) is 110 Å². The van der Waals surface area contributed by atoms with Gasteiger partial charge in [0.25, 0.3) is 0 Å². The smallest absolute Gasteiger partial charge is 0.182 e. The van der Waals surface area contributed by atoms with Crippen LogP contribution in [0.25, 0.3) is 0 Å². The van der Waals surface area contributed by atoms with Gasteiger partial charge in [-0.15, -0.1) is 0 Å². The number of benzene rings is 1. The molecule has 0 fully saturated rings. The summed E-state index contributed by atoms with van der Waals surface area (Å²) in [5, 5.41) is 0. The molecule has 0 N–H and O–H groups in total. The quantitative estimate of drug-likeness (QED) is 0.176. The fourth-order valence-corrected chi connectivity index (χ4v) is 7.97. The van der Waals surface area contributed by atoms with Gasteiger partial charge in [0.05, 0.1) is 5.41 Å². The van der Waals surface area contributed by atoms with E-state index in [1.165, 1.54) is 86.9 Å². The van der Waals surface area contributed by atoms with Crippen LogP contribution in [0.4, 0.5) is 5.69 Å². The molecule has 3 aliphatic rings. The van der Waals surface area contributed by atoms with E-state index >= 15 is 0 Å². The van der Waals surface area contributed by atoms with Crippen LogP contribution in [0.3, 0.4) is 0 Å². The molecule has 3 atom stereocenters. The molecular weight excluding hydrogens is 496 g/mol. The molecule has 222 valence electrons. The van der Waals surface area contributed by atoms with Gasteiger partial charge in [0.15, 0.2) is 11.8 Å². The van der Waals surface area contributed by atoms with Gasteiger partial charge in [-0.2, -0.15) is 0 Å². The van der Waals surface area contributed by atoms with E-state index in [1.54, 1.807) is 0 Å². The summed E-state index contributed by atoms with van der Waals surface area (Å²) in [7, 11) is 4.54. The zero-order valence-electron chi connectivity index (χ0n) is 27.2. The van der Waals surface area contributed by atoms with Crippen LogP contribution in [0.2, 0.25) is 0 Å². The van der Waals surface area contributed by atoms with Gasteiger partial charge in [0.2, 0.25) is 0 Å². The molecule has 0 spiro atoms. The Balaban J connectivity index is 1.45. The van der Waals surface area contributed by atoms with E-state index in [1.807, 2.05) is 0 Å². The Bertz CT molecular complexity index is 1200. The van der Waals surface area contributed by atoms with E-state index < -0.39 is 0 Å². The molecule has 3 unspecified atom stereocenters. The van der Waals surface area contributed by atoms with Crippen LogP contribution in [0.5, 0.6) is 0 Å². The summed E-state index contributed by atoms with van der Waals surface area (Å²) < 4.78 is 2.65. The Morgan fingerprint density at radius 1 is 0.927 bits per heavy atom. The molecule has 2 heteroatoms. The summed E-state index contributed by atoms with van der Waals surface area (Å²) in [6.07, 6.45) is 34.1. The molecule has 2 aliphatic heterocycles. The standard InChI is InChI=1S/C39H57N2/c1-8-23-32-35(30-31-24-17-13-10-9-11-14-18-25-31)41(7)37(38(32,2)3)29-20-16-12-15-19-28-36-39(4,5)33-26-21-22-27-34(33)40(36)6/h12,15-17,19-22,24,26-29,31-32,35H,8-11,13-14,18,23,25,30H2,1-7H3/q+1. The average molecular weight is 554 g/mol. The van der Waals surface area contributed by atoms with Crippen molar-refractivity contribution in [3.05, 3.63) is 90.2 Å². The molecule has 2 nitrogen and oxygen atoms in total. The number of hydrogen-bond donors (Lipinski definition) is 0. The molecule has 1 aliphatic carbocycles. The number of para-hydroxylation sites is 1. The van der Waals surface area contributed by atoms with Crippen LogP contribution in [0.15, 0.2) is 84.6 Å². The normalized spacial score (nSPS) is 27.6. The van der Waals surface area contributed by atoms with Crippen molar-refractivity contribution in [1.82, 2.24) is 0 Å². The maximum atomic E-state index is 2.65. The van der Waals surface area contributed by atoms with Crippen molar-refractivity contribution in [1.29, 1.82) is 0 Å². The SMILES string of the molecule is CCCC1C(CC2C=CCCCCCCC2)[N+](C)=C(/C=C/C=C/C=C/C=C2/N(C)c3ccccc3C2(C)C)C1(C)C. The maximum Gasteiger partial charge on any atom is 0.182 e. The minimum absolute atomic E-state index is 0.0183. The Morgan fingerprint density at radius 3 is 2.41 bits per heavy atom. The van der Waals surface area contributed by atoms with E-state index in [9.17, 15) is 0 Å². The zero-order valence-corrected chi connectivity index (χ0v) is 27.2. The summed E-state index contributed by atoms with van der Waals surface area (Å²) in [4.78, 5) is 2.33. The lowest BCUT2D eigenvalue weighted by molar-refractivity contribution is -0.537. The molecule has 1 aromatic rings. The Labute approximate surface area is 252 Å². The zero-order chi connectivity index (χ0) is 29.5. The second-order valence-electron chi connectivity index (χ2n) is 13.8. The monoisotopic (exact) mass is 553 g/mol. The summed E-state index contributed by atoms with van der Waals surface area (Å²) in [6, 6.07) is 9.37. The number of rotatable bonds is 8. The van der Waals surface area contributed by atoms with Gasteiger partial charge in [-0.05, 0) is 63.2 Å². The molecular formula is C39H57N2+. The first-order chi connectivity index (χ1) is 19.7. The molecule has 4 rings (SSSR count). The molecule has 0 radical (unpaired) electrons. The van der Waals surface area contributed by atoms with E-state index in [0.29, 0.717) is 12.0 Å². The number of allylic oxidation sites excluding steroid dienone is 10. The first-order valence-corrected chi connectivity index (χ1v) is 16.5. The van der Waals surface area contributed by atoms with Gasteiger partial charge in [-0.3, -0.25) is 0 Å². The average Bonchev–Trinajstić information content (AvgIpc) is 3.25. The summed E-state index contributed by atoms with van der Waals surface area (Å²) in [5.41, 5.74) is 5.75. The fourth-order valence-electron chi connectivity index (χ4n) is 7.97. The summed E-state index contributed by atoms with van der Waals surface area (Å²) >= 11 is 0. The lowest BCUT2D eigenvalue weighted by Crippen LogP contribution is -2.33. The highest BCUT2D eigenvalue weighted by atomic mass is 15.2. The van der Waals surface area contributed by atoms with Crippen molar-refractivity contribution >= 4 is 11.4 Å². The highest BCUT2D eigenvalue weighted by molar-refractivity contribution is 5.96. The maximum absolute atomic E-state index is 2.65. The predicted molar refractivity (Wildman–Crippen MR) is 180 cm³/mol. The first kappa shape index (κ1) is 31.3. The molecule has 1 aromatic carbocycles. The molecule has 2 heterocycles. The lowest BCUT2D eigenvalue weighted by atomic mass is 9.70. The number of likely N-dealkylation sites (N-methyl/N-ethyl adjacent to an activating group) is 1. The van der Waals surface area contributed by atoms with Crippen LogP contribution in [-0.4, -0.2) is 30.4 Å². The molecule has 0 bridgehead atoms. The molecule has 0 amide bonds. The molecule has 0 aromatic heterocycles. The van der Waals surface area contributed by atoms with E-state index in [4.69, 9.17) is 0 Å². The minimum Gasteiger partial charge on any atom is -0.347 e. The van der Waals surface area contributed by atoms with Crippen molar-refractivity contribution in [3.8, 4) is 0 Å². The van der Waals surface area contributed by atoms with E-state index in [0.717, 1.165) is 5.92 Å². The van der Waals surface area contributed by atoms with Gasteiger partial charge in [-0.25, -0.2) is 4.58 Å². The predicted octanol–water partition coefficient (Wildman–Crippen LogP) is 10.2. The van der Waals surface area contributed by atoms with Crippen molar-refractivity contribution in [2.24, 2.45) is 17.3 Å². The van der Waals surface area contributed by atoms with Crippen molar-refractivity contribution in [2.75, 3.05) is 19.0 Å². The largest absolute Gasteiger partial charge is 0.347 e. The highest BCUT2D eigenvalue weighted by Gasteiger charge is 2.52. The second-order valence-corrected chi connectivity index (χ2v) is 13.8. The first-order valence-electron chi connectivity index (χ1n) is 16.5. The molecule has 0 saturated carbocycles. The highest BCUT2D eigenvalue weighted by Crippen LogP contribution is 2.47. The van der Waals surface area contributed by atoms with Gasteiger partial charge < -0.3 is 4.90 Å². The van der Waals surface area contributed by atoms with Gasteiger partial charge in [-0.1, -0.05) is 114 Å². The third-order valence-corrected chi connectivity index (χ3v) is 10.3. The van der Waals surface area contributed by atoms with Crippen molar-refractivity contribution in [3.63, 3.8) is 0 Å². The Morgan fingerprint density at radius 2 is 1.63 bits per heavy atom. The number of fused-ring (bicyclic) bond motifs is 1. The van der Waals surface area contributed by atoms with Crippen LogP contribution in [-0.2, 0) is 5.41 Å². The topological polar surface area (TPSA) is 6.25 Å². The van der Waals surface area contributed by atoms with Crippen molar-refractivity contribution < 1.29 is 4.58 Å². The van der Waals surface area contributed by atoms with Crippen LogP contribution >= 0.6 is 0 Å². The summed E-state index contributed by atoms with van der Waals surface area (Å²) in [6.45, 7) is 12.0. The lowest BCUT2D eigenvalue weighted by Gasteiger charge is -2.28. The Kier molecular flexibility index (Phi) is 10.7. The summed E-state index contributed by atoms with van der Waals surface area (Å²) in [5.74, 6) is 1.42. The van der Waals surface area contributed by atoms with Crippen LogP contribution in [0.1, 0.15) is 104 Å². The Hall–Kier alpha value is -2.61. The van der Waals surface area contributed by atoms with E-state index in [-0.39, 0.29) is 10.8 Å². The number of hydrogen-bond acceptors (Lipinski definition) is 1. The van der Waals surface area contributed by atoms with E-state index in [2.05, 4.69) is 137 Å². The number of nitrogens with zero attached hydrogens (tertiary/aromatic N) is 2. The fraction of sp³-hybridized carbons (Fsp3) is 0.564. The molecule has 0 saturated heterocycles. The van der Waals surface area contributed by atoms with Gasteiger partial charge >= 0.3 is 0 Å². The molecule has 41 heavy (non-hydrogen) atoms. The van der Waals surface area contributed by atoms with Crippen LogP contribution < -0.4 is 4.90 Å². The minimum atomic E-state index is 0.0183. The third kappa shape index (κ3) is 7.07. The number of anilines is 1. The van der Waals surface area contributed by atoms with Gasteiger partial charge in [0.1, 0.15) is 7.05 Å². The van der Waals surface area contributed by atoms with Gasteiger partial charge in [0, 0.05) is 42.3 Å².